The lowest BCUT2D eigenvalue weighted by Crippen LogP contribution is -2.34. The summed E-state index contributed by atoms with van der Waals surface area (Å²) in [4.78, 5) is 10.6. The summed E-state index contributed by atoms with van der Waals surface area (Å²) in [5, 5.41) is 26.7. The first-order chi connectivity index (χ1) is 34.1. The molecule has 1 aliphatic carbocycles. The highest BCUT2D eigenvalue weighted by Crippen LogP contribution is 2.63. The number of hydrogen-bond donors (Lipinski definition) is 0. The fourth-order valence-corrected chi connectivity index (χ4v) is 11.9. The second-order valence-corrected chi connectivity index (χ2v) is 17.9. The van der Waals surface area contributed by atoms with Crippen LogP contribution in [-0.2, 0) is 5.41 Å². The van der Waals surface area contributed by atoms with Gasteiger partial charge in [0.25, 0.3) is 0 Å². The first-order valence-electron chi connectivity index (χ1n) is 22.9. The van der Waals surface area contributed by atoms with Crippen molar-refractivity contribution in [1.29, 1.82) is 10.5 Å². The van der Waals surface area contributed by atoms with Crippen LogP contribution in [-0.4, -0.2) is 23.7 Å². The maximum absolute atomic E-state index is 10.1. The van der Waals surface area contributed by atoms with Crippen LogP contribution >= 0.6 is 0 Å². The van der Waals surface area contributed by atoms with E-state index in [1.54, 1.807) is 0 Å². The van der Waals surface area contributed by atoms with Gasteiger partial charge in [0.05, 0.1) is 90.7 Å². The number of pyridine rings is 2. The van der Waals surface area contributed by atoms with E-state index in [2.05, 4.69) is 171 Å². The summed E-state index contributed by atoms with van der Waals surface area (Å²) in [5.74, 6) is 1.42. The number of hydrogen-bond acceptors (Lipinski definition) is 5. The highest BCUT2D eigenvalue weighted by molar-refractivity contribution is 6.12. The number of rotatable bonds is 3. The minimum Gasteiger partial charge on any atom is -0.457 e. The Kier molecular flexibility index (Phi) is 7.41. The Labute approximate surface area is 394 Å². The van der Waals surface area contributed by atoms with Gasteiger partial charge in [0.2, 0.25) is 0 Å². The van der Waals surface area contributed by atoms with Gasteiger partial charge in [0.1, 0.15) is 11.5 Å². The molecule has 8 aromatic carbocycles. The summed E-state index contributed by atoms with van der Waals surface area (Å²) in [6.07, 6.45) is 3.84. The third kappa shape index (κ3) is 4.83. The molecule has 0 saturated carbocycles. The number of para-hydroxylation sites is 4. The smallest absolute Gasteiger partial charge is 0.134 e. The molecule has 69 heavy (non-hydrogen) atoms. The fourth-order valence-electron chi connectivity index (χ4n) is 11.9. The van der Waals surface area contributed by atoms with Gasteiger partial charge in [-0.2, -0.15) is 10.5 Å². The maximum Gasteiger partial charge on any atom is 0.134 e. The normalized spacial score (nSPS) is 14.5. The molecule has 6 heterocycles. The zero-order valence-electron chi connectivity index (χ0n) is 36.6. The van der Waals surface area contributed by atoms with Gasteiger partial charge in [-0.3, -0.25) is 9.97 Å². The van der Waals surface area contributed by atoms with Gasteiger partial charge < -0.3 is 18.4 Å². The summed E-state index contributed by atoms with van der Waals surface area (Å²) in [6, 6.07) is 70.0. The van der Waals surface area contributed by atoms with Crippen LogP contribution in [0.5, 0.6) is 11.5 Å². The number of aromatic nitrogens is 5. The lowest BCUT2D eigenvalue weighted by atomic mass is 9.65. The van der Waals surface area contributed by atoms with Crippen molar-refractivity contribution >= 4 is 65.4 Å². The Morgan fingerprint density at radius 3 is 1.55 bits per heavy atom. The molecule has 0 N–H and O–H groups in total. The Hall–Kier alpha value is -9.76. The minimum absolute atomic E-state index is 0.542. The number of nitrogens with zero attached hydrogens (tertiary/aromatic N) is 7. The predicted octanol–water partition coefficient (Wildman–Crippen LogP) is 14.0. The largest absolute Gasteiger partial charge is 0.457 e. The molecule has 318 valence electrons. The van der Waals surface area contributed by atoms with Crippen LogP contribution in [0.4, 0.5) is 0 Å². The van der Waals surface area contributed by atoms with E-state index >= 15 is 0 Å². The van der Waals surface area contributed by atoms with Gasteiger partial charge in [0.15, 0.2) is 0 Å². The molecule has 1 unspecified atom stereocenters. The van der Waals surface area contributed by atoms with Crippen molar-refractivity contribution in [3.63, 3.8) is 0 Å². The SMILES string of the molecule is N#Cc1ccc2c(c1)c1cc(C#N)ccc1n2-c1cccc2c1C1(c3ccc(-n4c5ccccc5c5ccccc54)cc3O2)c2cccnc2-c2ncc(-n3c4ccccc4c4ccccc43)cc21. The van der Waals surface area contributed by atoms with E-state index in [1.165, 1.54) is 21.5 Å². The lowest BCUT2D eigenvalue weighted by molar-refractivity contribution is 0.435. The van der Waals surface area contributed by atoms with Crippen LogP contribution < -0.4 is 4.74 Å². The number of fused-ring (bicyclic) bond motifs is 18. The summed E-state index contributed by atoms with van der Waals surface area (Å²) in [7, 11) is 0. The second kappa shape index (κ2) is 13.6. The Morgan fingerprint density at radius 2 is 0.957 bits per heavy atom. The lowest BCUT2D eigenvalue weighted by Gasteiger charge is -2.40. The van der Waals surface area contributed by atoms with E-state index in [-0.39, 0.29) is 0 Å². The summed E-state index contributed by atoms with van der Waals surface area (Å²) in [6.45, 7) is 0. The maximum atomic E-state index is 10.1. The molecule has 15 rings (SSSR count). The van der Waals surface area contributed by atoms with E-state index in [1.807, 2.05) is 54.9 Å². The van der Waals surface area contributed by atoms with Crippen LogP contribution in [0.25, 0.3) is 93.9 Å². The topological polar surface area (TPSA) is 97.4 Å². The number of benzene rings is 8. The molecular weight excluding hydrogens is 847 g/mol. The second-order valence-electron chi connectivity index (χ2n) is 17.9. The monoisotopic (exact) mass is 879 g/mol. The molecule has 13 aromatic rings. The van der Waals surface area contributed by atoms with Crippen LogP contribution in [0.3, 0.4) is 0 Å². The van der Waals surface area contributed by atoms with E-state index < -0.39 is 5.41 Å². The van der Waals surface area contributed by atoms with Crippen molar-refractivity contribution in [2.24, 2.45) is 0 Å². The molecule has 5 aromatic heterocycles. The quantitative estimate of drug-likeness (QED) is 0.176. The molecule has 1 atom stereocenters. The zero-order valence-corrected chi connectivity index (χ0v) is 36.6. The van der Waals surface area contributed by atoms with Gasteiger partial charge in [0, 0.05) is 67.0 Å². The molecule has 2 aliphatic rings. The molecule has 1 spiro atoms. The molecule has 0 amide bonds. The van der Waals surface area contributed by atoms with Crippen molar-refractivity contribution < 1.29 is 4.74 Å². The number of ether oxygens (including phenoxy) is 1. The van der Waals surface area contributed by atoms with Crippen molar-refractivity contribution in [2.75, 3.05) is 0 Å². The van der Waals surface area contributed by atoms with Crippen LogP contribution in [0.1, 0.15) is 33.4 Å². The Morgan fingerprint density at radius 1 is 0.406 bits per heavy atom. The van der Waals surface area contributed by atoms with Crippen LogP contribution in [0.15, 0.2) is 200 Å². The highest BCUT2D eigenvalue weighted by Gasteiger charge is 2.54. The molecule has 8 heteroatoms. The summed E-state index contributed by atoms with van der Waals surface area (Å²) >= 11 is 0. The van der Waals surface area contributed by atoms with Crippen LogP contribution in [0, 0.1) is 22.7 Å². The molecule has 0 saturated heterocycles. The third-order valence-corrected chi connectivity index (χ3v) is 14.6. The van der Waals surface area contributed by atoms with Gasteiger partial charge in [-0.25, -0.2) is 0 Å². The van der Waals surface area contributed by atoms with E-state index in [0.717, 1.165) is 100 Å². The van der Waals surface area contributed by atoms with Crippen LogP contribution in [0.2, 0.25) is 0 Å². The molecule has 1 aliphatic heterocycles. The van der Waals surface area contributed by atoms with Crippen molar-refractivity contribution in [3.05, 3.63) is 234 Å². The minimum atomic E-state index is -1.01. The molecular formula is C61H33N7O. The summed E-state index contributed by atoms with van der Waals surface area (Å²) in [5.41, 5.74) is 14.5. The number of nitriles is 2. The van der Waals surface area contributed by atoms with Crippen molar-refractivity contribution in [3.8, 4) is 52.1 Å². The third-order valence-electron chi connectivity index (χ3n) is 14.6. The molecule has 0 radical (unpaired) electrons. The predicted molar refractivity (Wildman–Crippen MR) is 272 cm³/mol. The highest BCUT2D eigenvalue weighted by atomic mass is 16.5. The Balaban J connectivity index is 1.08. The molecule has 0 bridgehead atoms. The molecule has 8 nitrogen and oxygen atoms in total. The molecule has 0 fully saturated rings. The summed E-state index contributed by atoms with van der Waals surface area (Å²) < 4.78 is 14.3. The van der Waals surface area contributed by atoms with E-state index in [9.17, 15) is 10.5 Å². The first-order valence-corrected chi connectivity index (χ1v) is 22.9. The van der Waals surface area contributed by atoms with Crippen molar-refractivity contribution in [1.82, 2.24) is 23.7 Å². The average Bonchev–Trinajstić information content (AvgIpc) is 4.12. The van der Waals surface area contributed by atoms with Crippen molar-refractivity contribution in [2.45, 2.75) is 5.41 Å². The standard InChI is InChI=1S/C61H33N7O/c62-33-36-22-26-53-44(29-36)45-30-37(34-63)23-27-54(45)68(53)55-20-9-21-56-58(55)61(46-25-24-38(32-57(46)69-56)66-49-16-5-1-11-40(49)41-12-2-6-17-50(41)66)47-15-10-28-64-59(47)60-48(61)31-39(35-65-60)67-51-18-7-3-13-42(51)43-14-4-8-19-52(43)67/h1-32,35H. The van der Waals surface area contributed by atoms with Gasteiger partial charge >= 0.3 is 0 Å². The fraction of sp³-hybridized carbons (Fsp3) is 0.0164. The average molecular weight is 880 g/mol. The van der Waals surface area contributed by atoms with Gasteiger partial charge in [-0.15, -0.1) is 0 Å². The zero-order chi connectivity index (χ0) is 45.5. The van der Waals surface area contributed by atoms with E-state index in [4.69, 9.17) is 14.7 Å². The van der Waals surface area contributed by atoms with E-state index in [0.29, 0.717) is 16.9 Å². The van der Waals surface area contributed by atoms with Gasteiger partial charge in [-0.05, 0) is 96.6 Å². The Bertz CT molecular complexity index is 4340. The van der Waals surface area contributed by atoms with Gasteiger partial charge in [-0.1, -0.05) is 91.0 Å². The first kappa shape index (κ1) is 37.5.